The van der Waals surface area contributed by atoms with Crippen LogP contribution in [0.15, 0.2) is 59.9 Å². The second-order valence-corrected chi connectivity index (χ2v) is 7.23. The number of nitrogens with zero attached hydrogens (tertiary/aromatic N) is 3. The van der Waals surface area contributed by atoms with E-state index >= 15 is 0 Å². The van der Waals surface area contributed by atoms with Crippen molar-refractivity contribution in [3.63, 3.8) is 0 Å². The van der Waals surface area contributed by atoms with Crippen LogP contribution in [0.3, 0.4) is 0 Å². The van der Waals surface area contributed by atoms with Crippen molar-refractivity contribution in [1.29, 1.82) is 5.41 Å². The standard InChI is InChI=1S/C19H15ClN4OS/c20-14-5-1-4-13(7-14)15-11-26-19(23-15)17-16(25)10-24(18(17)21)9-12-3-2-6-22-8-12/h1-8,11,21,25H,9-10H2. The minimum absolute atomic E-state index is 0.172. The van der Waals surface area contributed by atoms with Crippen LogP contribution >= 0.6 is 22.9 Å². The number of aliphatic hydroxyl groups excluding tert-OH is 1. The number of rotatable bonds is 4. The monoisotopic (exact) mass is 382 g/mol. The average Bonchev–Trinajstić information content (AvgIpc) is 3.21. The van der Waals surface area contributed by atoms with Gasteiger partial charge in [-0.05, 0) is 23.8 Å². The molecule has 0 spiro atoms. The van der Waals surface area contributed by atoms with Crippen LogP contribution in [0.2, 0.25) is 5.02 Å². The van der Waals surface area contributed by atoms with Crippen molar-refractivity contribution in [2.75, 3.05) is 6.54 Å². The van der Waals surface area contributed by atoms with Gasteiger partial charge < -0.3 is 10.0 Å². The minimum atomic E-state index is 0.172. The number of hydrogen-bond donors (Lipinski definition) is 2. The maximum Gasteiger partial charge on any atom is 0.135 e. The fourth-order valence-corrected chi connectivity index (χ4v) is 3.96. The third kappa shape index (κ3) is 3.21. The smallest absolute Gasteiger partial charge is 0.135 e. The molecule has 4 rings (SSSR count). The normalized spacial score (nSPS) is 14.3. The lowest BCUT2D eigenvalue weighted by Crippen LogP contribution is -2.26. The number of benzene rings is 1. The third-order valence-corrected chi connectivity index (χ3v) is 5.21. The lowest BCUT2D eigenvalue weighted by atomic mass is 10.2. The molecule has 0 bridgehead atoms. The van der Waals surface area contributed by atoms with E-state index in [0.717, 1.165) is 16.8 Å². The Kier molecular flexibility index (Phi) is 4.44. The van der Waals surface area contributed by atoms with Gasteiger partial charge >= 0.3 is 0 Å². The summed E-state index contributed by atoms with van der Waals surface area (Å²) in [7, 11) is 0. The highest BCUT2D eigenvalue weighted by Crippen LogP contribution is 2.33. The number of thiazole rings is 1. The number of amidine groups is 1. The maximum absolute atomic E-state index is 10.4. The molecule has 3 heterocycles. The van der Waals surface area contributed by atoms with Crippen LogP contribution in [-0.2, 0) is 6.54 Å². The Morgan fingerprint density at radius 1 is 1.27 bits per heavy atom. The minimum Gasteiger partial charge on any atom is -0.510 e. The number of aromatic nitrogens is 2. The Labute approximate surface area is 159 Å². The summed E-state index contributed by atoms with van der Waals surface area (Å²) in [5.41, 5.74) is 3.18. The van der Waals surface area contributed by atoms with Crippen LogP contribution in [-0.4, -0.2) is 32.4 Å². The van der Waals surface area contributed by atoms with Gasteiger partial charge in [0, 0.05) is 34.9 Å². The number of pyridine rings is 1. The van der Waals surface area contributed by atoms with Crippen molar-refractivity contribution in [3.8, 4) is 11.3 Å². The number of hydrogen-bond acceptors (Lipinski definition) is 5. The molecule has 26 heavy (non-hydrogen) atoms. The van der Waals surface area contributed by atoms with Crippen LogP contribution in [0, 0.1) is 5.41 Å². The average molecular weight is 383 g/mol. The van der Waals surface area contributed by atoms with E-state index in [1.54, 1.807) is 12.4 Å². The topological polar surface area (TPSA) is 73.1 Å². The summed E-state index contributed by atoms with van der Waals surface area (Å²) in [6.45, 7) is 0.821. The number of aliphatic hydroxyl groups is 1. The molecule has 0 atom stereocenters. The van der Waals surface area contributed by atoms with Crippen LogP contribution in [0.5, 0.6) is 0 Å². The fraction of sp³-hybridized carbons (Fsp3) is 0.105. The molecular weight excluding hydrogens is 368 g/mol. The van der Waals surface area contributed by atoms with Gasteiger partial charge in [0.1, 0.15) is 16.6 Å². The van der Waals surface area contributed by atoms with Crippen LogP contribution < -0.4 is 0 Å². The van der Waals surface area contributed by atoms with Crippen molar-refractivity contribution in [2.24, 2.45) is 0 Å². The Bertz CT molecular complexity index is 1000. The third-order valence-electron chi connectivity index (χ3n) is 4.12. The molecule has 0 saturated heterocycles. The van der Waals surface area contributed by atoms with Crippen LogP contribution in [0.25, 0.3) is 16.8 Å². The highest BCUT2D eigenvalue weighted by atomic mass is 35.5. The van der Waals surface area contributed by atoms with Gasteiger partial charge in [-0.3, -0.25) is 10.4 Å². The van der Waals surface area contributed by atoms with Gasteiger partial charge in [-0.1, -0.05) is 29.8 Å². The van der Waals surface area contributed by atoms with E-state index in [0.29, 0.717) is 28.7 Å². The zero-order chi connectivity index (χ0) is 18.1. The summed E-state index contributed by atoms with van der Waals surface area (Å²) in [5.74, 6) is 0.448. The molecule has 2 aromatic heterocycles. The lowest BCUT2D eigenvalue weighted by molar-refractivity contribution is 0.347. The maximum atomic E-state index is 10.4. The van der Waals surface area contributed by atoms with Gasteiger partial charge in [0.05, 0.1) is 17.8 Å². The Morgan fingerprint density at radius 2 is 2.15 bits per heavy atom. The van der Waals surface area contributed by atoms with E-state index in [1.165, 1.54) is 11.3 Å². The second kappa shape index (κ2) is 6.90. The molecule has 0 radical (unpaired) electrons. The molecule has 1 aliphatic rings. The van der Waals surface area contributed by atoms with Crippen molar-refractivity contribution in [3.05, 3.63) is 75.5 Å². The first-order chi connectivity index (χ1) is 12.6. The van der Waals surface area contributed by atoms with E-state index in [2.05, 4.69) is 9.97 Å². The SMILES string of the molecule is N=C1C(c2nc(-c3cccc(Cl)c3)cs2)=C(O)CN1Cc1cccnc1. The molecule has 1 aromatic carbocycles. The fourth-order valence-electron chi connectivity index (χ4n) is 2.87. The molecule has 3 aromatic rings. The van der Waals surface area contributed by atoms with E-state index in [1.807, 2.05) is 46.7 Å². The summed E-state index contributed by atoms with van der Waals surface area (Å²) in [5, 5.41) is 22.1. The van der Waals surface area contributed by atoms with E-state index < -0.39 is 0 Å². The van der Waals surface area contributed by atoms with Gasteiger partial charge in [-0.15, -0.1) is 11.3 Å². The first kappa shape index (κ1) is 16.8. The van der Waals surface area contributed by atoms with E-state index in [-0.39, 0.29) is 11.6 Å². The van der Waals surface area contributed by atoms with Gasteiger partial charge in [-0.25, -0.2) is 4.98 Å². The zero-order valence-electron chi connectivity index (χ0n) is 13.7. The summed E-state index contributed by atoms with van der Waals surface area (Å²) < 4.78 is 0. The zero-order valence-corrected chi connectivity index (χ0v) is 15.3. The van der Waals surface area contributed by atoms with Crippen LogP contribution in [0.1, 0.15) is 10.6 Å². The molecule has 0 aliphatic carbocycles. The highest BCUT2D eigenvalue weighted by molar-refractivity contribution is 7.11. The predicted octanol–water partition coefficient (Wildman–Crippen LogP) is 4.62. The van der Waals surface area contributed by atoms with Crippen molar-refractivity contribution in [2.45, 2.75) is 6.54 Å². The second-order valence-electron chi connectivity index (χ2n) is 5.94. The first-order valence-electron chi connectivity index (χ1n) is 7.98. The Balaban J connectivity index is 1.58. The Morgan fingerprint density at radius 3 is 2.92 bits per heavy atom. The molecule has 0 fully saturated rings. The number of nitrogens with one attached hydrogen (secondary N) is 1. The lowest BCUT2D eigenvalue weighted by Gasteiger charge is -2.18. The largest absolute Gasteiger partial charge is 0.510 e. The summed E-state index contributed by atoms with van der Waals surface area (Å²) in [4.78, 5) is 10.5. The summed E-state index contributed by atoms with van der Waals surface area (Å²) >= 11 is 7.46. The summed E-state index contributed by atoms with van der Waals surface area (Å²) in [6.07, 6.45) is 3.48. The van der Waals surface area contributed by atoms with Crippen molar-refractivity contribution in [1.82, 2.24) is 14.9 Å². The van der Waals surface area contributed by atoms with Gasteiger partial charge in [0.2, 0.25) is 0 Å². The quantitative estimate of drug-likeness (QED) is 0.690. The van der Waals surface area contributed by atoms with Gasteiger partial charge in [-0.2, -0.15) is 0 Å². The first-order valence-corrected chi connectivity index (χ1v) is 9.24. The molecule has 5 nitrogen and oxygen atoms in total. The van der Waals surface area contributed by atoms with Crippen molar-refractivity contribution < 1.29 is 5.11 Å². The molecule has 0 amide bonds. The molecule has 2 N–H and O–H groups in total. The molecule has 0 unspecified atom stereocenters. The Hall–Kier alpha value is -2.70. The van der Waals surface area contributed by atoms with Gasteiger partial charge in [0.15, 0.2) is 0 Å². The summed E-state index contributed by atoms with van der Waals surface area (Å²) in [6, 6.07) is 11.3. The molecule has 0 saturated carbocycles. The van der Waals surface area contributed by atoms with Crippen LogP contribution in [0.4, 0.5) is 0 Å². The van der Waals surface area contributed by atoms with Gasteiger partial charge in [0.25, 0.3) is 0 Å². The number of halogens is 1. The molecule has 130 valence electrons. The van der Waals surface area contributed by atoms with E-state index in [4.69, 9.17) is 17.0 Å². The van der Waals surface area contributed by atoms with E-state index in [9.17, 15) is 5.11 Å². The van der Waals surface area contributed by atoms with Crippen molar-refractivity contribution >= 4 is 34.3 Å². The molecule has 7 heteroatoms. The molecular formula is C19H15ClN4OS. The highest BCUT2D eigenvalue weighted by Gasteiger charge is 2.30. The molecule has 1 aliphatic heterocycles. The predicted molar refractivity (Wildman–Crippen MR) is 104 cm³/mol.